The Morgan fingerprint density at radius 1 is 1.26 bits per heavy atom. The van der Waals surface area contributed by atoms with E-state index < -0.39 is 34.3 Å². The third kappa shape index (κ3) is 4.75. The summed E-state index contributed by atoms with van der Waals surface area (Å²) in [6.07, 6.45) is 3.30. The summed E-state index contributed by atoms with van der Waals surface area (Å²) in [4.78, 5) is 61.3. The number of carbonyl (C=O) groups is 4. The van der Waals surface area contributed by atoms with Crippen LogP contribution in [0.3, 0.4) is 0 Å². The van der Waals surface area contributed by atoms with Gasteiger partial charge in [-0.15, -0.1) is 11.3 Å². The number of imidazole rings is 1. The van der Waals surface area contributed by atoms with Gasteiger partial charge in [-0.25, -0.2) is 24.4 Å². The molecular weight excluding hydrogens is 528 g/mol. The highest BCUT2D eigenvalue weighted by atomic mass is 32.1. The number of allylic oxidation sites excluding steroid dienone is 1. The van der Waals surface area contributed by atoms with Crippen LogP contribution in [0.25, 0.3) is 0 Å². The van der Waals surface area contributed by atoms with E-state index in [2.05, 4.69) is 25.3 Å². The Kier molecular flexibility index (Phi) is 7.13. The van der Waals surface area contributed by atoms with Gasteiger partial charge < -0.3 is 18.8 Å². The highest BCUT2D eigenvalue weighted by Crippen LogP contribution is 2.37. The molecule has 2 atom stereocenters. The van der Waals surface area contributed by atoms with Gasteiger partial charge in [0, 0.05) is 30.7 Å². The standard InChI is InChI=1S/C25H24N6O7S/c1-30-13-26-10-16(30)9-18(21(33)29-24-28-17(12-39-24)23(34)36-2)31(20(32)11-27-25(31)35)22-19(37-14-38-22)8-15-6-4-3-5-7-15/h3-7,10,12-13,18H,8-9,11,14H2,1-2H3,(H-,27,28,29,33,35)/p+1/t18-,31?/m0/s1. The van der Waals surface area contributed by atoms with Crippen LogP contribution in [0.15, 0.2) is 59.9 Å². The fraction of sp³-hybridized carbons (Fsp3) is 0.280. The van der Waals surface area contributed by atoms with Crippen molar-refractivity contribution >= 4 is 40.3 Å². The fourth-order valence-electron chi connectivity index (χ4n) is 4.58. The number of thiazole rings is 1. The van der Waals surface area contributed by atoms with Crippen molar-refractivity contribution in [1.29, 1.82) is 0 Å². The van der Waals surface area contributed by atoms with E-state index in [1.54, 1.807) is 24.1 Å². The Morgan fingerprint density at radius 3 is 2.72 bits per heavy atom. The van der Waals surface area contributed by atoms with Gasteiger partial charge >= 0.3 is 23.8 Å². The summed E-state index contributed by atoms with van der Waals surface area (Å²) in [5.41, 5.74) is 1.48. The molecule has 0 bridgehead atoms. The quantitative estimate of drug-likeness (QED) is 0.229. The molecule has 1 saturated heterocycles. The lowest BCUT2D eigenvalue weighted by Gasteiger charge is -2.33. The van der Waals surface area contributed by atoms with Crippen LogP contribution in [0, 0.1) is 0 Å². The predicted octanol–water partition coefficient (Wildman–Crippen LogP) is 1.70. The first-order valence-corrected chi connectivity index (χ1v) is 12.8. The first-order chi connectivity index (χ1) is 18.8. The molecule has 3 aromatic rings. The van der Waals surface area contributed by atoms with Crippen LogP contribution < -0.4 is 10.6 Å². The lowest BCUT2D eigenvalue weighted by atomic mass is 10.0. The van der Waals surface area contributed by atoms with Gasteiger partial charge in [0.05, 0.1) is 19.9 Å². The molecule has 1 fully saturated rings. The third-order valence-corrected chi connectivity index (χ3v) is 7.28. The maximum absolute atomic E-state index is 13.9. The molecule has 14 heteroatoms. The zero-order chi connectivity index (χ0) is 27.6. The smallest absolute Gasteiger partial charge is 0.433 e. The van der Waals surface area contributed by atoms with Gasteiger partial charge in [-0.3, -0.25) is 15.4 Å². The van der Waals surface area contributed by atoms with Crippen LogP contribution in [0.5, 0.6) is 0 Å². The number of imide groups is 1. The number of anilines is 1. The van der Waals surface area contributed by atoms with Gasteiger partial charge in [0.2, 0.25) is 12.6 Å². The molecular formula is C25H25N6O7S+. The number of aryl methyl sites for hydroxylation is 1. The lowest BCUT2D eigenvalue weighted by molar-refractivity contribution is -0.763. The van der Waals surface area contributed by atoms with E-state index in [0.29, 0.717) is 5.69 Å². The Labute approximate surface area is 226 Å². The number of urea groups is 1. The van der Waals surface area contributed by atoms with Crippen LogP contribution >= 0.6 is 11.3 Å². The molecule has 39 heavy (non-hydrogen) atoms. The van der Waals surface area contributed by atoms with E-state index >= 15 is 0 Å². The van der Waals surface area contributed by atoms with Gasteiger partial charge in [0.25, 0.3) is 5.91 Å². The number of methoxy groups -OCH3 is 1. The number of quaternary nitrogens is 1. The summed E-state index contributed by atoms with van der Waals surface area (Å²) in [6.45, 7) is -0.518. The van der Waals surface area contributed by atoms with Gasteiger partial charge in [-0.1, -0.05) is 34.8 Å². The van der Waals surface area contributed by atoms with Gasteiger partial charge in [-0.2, -0.15) is 0 Å². The van der Waals surface area contributed by atoms with Gasteiger partial charge in [0.1, 0.15) is 6.54 Å². The largest absolute Gasteiger partial charge is 0.464 e. The SMILES string of the molecule is COC(=O)c1csc(NC(=O)[C@H](Cc2cncn2C)[N+]2(C3=C(Cc4ccccc4)OCO3)C(=O)CNC2=O)n1. The van der Waals surface area contributed by atoms with Crippen molar-refractivity contribution in [3.05, 3.63) is 76.8 Å². The molecule has 13 nitrogen and oxygen atoms in total. The van der Waals surface area contributed by atoms with Crippen LogP contribution in [0.2, 0.25) is 0 Å². The van der Waals surface area contributed by atoms with Crippen molar-refractivity contribution in [3.8, 4) is 0 Å². The zero-order valence-corrected chi connectivity index (χ0v) is 21.9. The zero-order valence-electron chi connectivity index (χ0n) is 21.1. The van der Waals surface area contributed by atoms with Crippen molar-refractivity contribution in [2.45, 2.75) is 18.9 Å². The summed E-state index contributed by atoms with van der Waals surface area (Å²) >= 11 is 1.01. The minimum absolute atomic E-state index is 0.0141. The van der Waals surface area contributed by atoms with Crippen molar-refractivity contribution < 1.29 is 37.9 Å². The van der Waals surface area contributed by atoms with Crippen molar-refractivity contribution in [2.24, 2.45) is 7.05 Å². The van der Waals surface area contributed by atoms with E-state index in [1.165, 1.54) is 12.5 Å². The molecule has 0 saturated carbocycles. The second kappa shape index (κ2) is 10.7. The predicted molar refractivity (Wildman–Crippen MR) is 136 cm³/mol. The number of hydrogen-bond donors (Lipinski definition) is 2. The average Bonchev–Trinajstić information content (AvgIpc) is 3.73. The fourth-order valence-corrected chi connectivity index (χ4v) is 5.27. The number of amides is 4. The Morgan fingerprint density at radius 2 is 2.05 bits per heavy atom. The van der Waals surface area contributed by atoms with Crippen LogP contribution in [-0.4, -0.2) is 69.3 Å². The number of benzene rings is 1. The van der Waals surface area contributed by atoms with E-state index in [0.717, 1.165) is 16.9 Å². The molecule has 1 unspecified atom stereocenters. The molecule has 0 spiro atoms. The Hall–Kier alpha value is -4.56. The van der Waals surface area contributed by atoms with Gasteiger partial charge in [0.15, 0.2) is 16.9 Å². The highest BCUT2D eigenvalue weighted by Gasteiger charge is 2.65. The topological polar surface area (TPSA) is 151 Å². The maximum atomic E-state index is 13.9. The molecule has 2 aromatic heterocycles. The van der Waals surface area contributed by atoms with E-state index in [4.69, 9.17) is 9.47 Å². The first-order valence-electron chi connectivity index (χ1n) is 11.9. The first kappa shape index (κ1) is 26.1. The molecule has 2 N–H and O–H groups in total. The number of carbonyl (C=O) groups excluding carboxylic acids is 4. The number of nitrogens with zero attached hydrogens (tertiary/aromatic N) is 4. The molecule has 0 aliphatic carbocycles. The molecule has 4 heterocycles. The minimum Gasteiger partial charge on any atom is -0.464 e. The van der Waals surface area contributed by atoms with Gasteiger partial charge in [-0.05, 0) is 5.56 Å². The highest BCUT2D eigenvalue weighted by molar-refractivity contribution is 7.14. The number of nitrogens with one attached hydrogen (secondary N) is 2. The number of hydrogen-bond acceptors (Lipinski definition) is 10. The second-order valence-electron chi connectivity index (χ2n) is 8.81. The summed E-state index contributed by atoms with van der Waals surface area (Å²) in [5.74, 6) is -1.70. The Balaban J connectivity index is 1.60. The summed E-state index contributed by atoms with van der Waals surface area (Å²) < 4.78 is 16.9. The van der Waals surface area contributed by atoms with E-state index in [1.807, 2.05) is 30.3 Å². The number of rotatable bonds is 9. The molecule has 4 amide bonds. The van der Waals surface area contributed by atoms with Crippen molar-refractivity contribution in [3.63, 3.8) is 0 Å². The number of esters is 1. The molecule has 0 radical (unpaired) electrons. The lowest BCUT2D eigenvalue weighted by Crippen LogP contribution is -2.64. The molecule has 2 aliphatic rings. The van der Waals surface area contributed by atoms with E-state index in [9.17, 15) is 19.2 Å². The van der Waals surface area contributed by atoms with Crippen LogP contribution in [0.4, 0.5) is 9.93 Å². The minimum atomic E-state index is -1.33. The molecule has 202 valence electrons. The summed E-state index contributed by atoms with van der Waals surface area (Å²) in [5, 5.41) is 6.78. The van der Waals surface area contributed by atoms with E-state index in [-0.39, 0.29) is 48.6 Å². The Bertz CT molecular complexity index is 1450. The number of aromatic nitrogens is 3. The summed E-state index contributed by atoms with van der Waals surface area (Å²) in [7, 11) is 2.96. The third-order valence-electron chi connectivity index (χ3n) is 6.52. The second-order valence-corrected chi connectivity index (χ2v) is 9.67. The van der Waals surface area contributed by atoms with Crippen molar-refractivity contribution in [1.82, 2.24) is 19.9 Å². The summed E-state index contributed by atoms with van der Waals surface area (Å²) in [6, 6.07) is 7.30. The van der Waals surface area contributed by atoms with Crippen LogP contribution in [-0.2, 0) is 43.7 Å². The molecule has 2 aliphatic heterocycles. The van der Waals surface area contributed by atoms with Crippen molar-refractivity contribution in [2.75, 3.05) is 25.8 Å². The number of ether oxygens (including phenoxy) is 3. The molecule has 1 aromatic carbocycles. The maximum Gasteiger partial charge on any atom is 0.433 e. The normalized spacial score (nSPS) is 19.3. The average molecular weight is 554 g/mol. The van der Waals surface area contributed by atoms with Crippen LogP contribution in [0.1, 0.15) is 21.7 Å². The monoisotopic (exact) mass is 553 g/mol. The molecule has 5 rings (SSSR count).